The van der Waals surface area contributed by atoms with Gasteiger partial charge in [0, 0.05) is 61.3 Å². The monoisotopic (exact) mass is 609 g/mol. The normalized spacial score (nSPS) is 19.3. The van der Waals surface area contributed by atoms with Crippen LogP contribution in [0.3, 0.4) is 0 Å². The number of nitrogens with one attached hydrogen (secondary N) is 1. The Bertz CT molecular complexity index is 1900. The Balaban J connectivity index is 1.29. The number of pyridine rings is 1. The van der Waals surface area contributed by atoms with Gasteiger partial charge in [0.15, 0.2) is 20.7 Å². The van der Waals surface area contributed by atoms with E-state index >= 15 is 0 Å². The number of hydrogen-bond acceptors (Lipinski definition) is 10. The molecule has 1 aliphatic heterocycles. The second kappa shape index (κ2) is 10.3. The van der Waals surface area contributed by atoms with Gasteiger partial charge in [-0.1, -0.05) is 19.9 Å². The molecule has 6 rings (SSSR count). The van der Waals surface area contributed by atoms with Crippen molar-refractivity contribution in [2.24, 2.45) is 13.0 Å². The van der Waals surface area contributed by atoms with Crippen LogP contribution < -0.4 is 10.2 Å². The number of hydrogen-bond donors (Lipinski definition) is 1. The average molecular weight is 610 g/mol. The summed E-state index contributed by atoms with van der Waals surface area (Å²) in [5.74, 6) is 2.05. The first-order valence-corrected chi connectivity index (χ1v) is 17.7. The molecule has 4 heterocycles. The van der Waals surface area contributed by atoms with E-state index in [0.29, 0.717) is 42.5 Å². The fourth-order valence-electron chi connectivity index (χ4n) is 5.68. The Morgan fingerprint density at radius 2 is 1.79 bits per heavy atom. The molecule has 2 aliphatic rings. The number of benzene rings is 1. The third-order valence-corrected chi connectivity index (χ3v) is 11.4. The van der Waals surface area contributed by atoms with Gasteiger partial charge in [-0.15, -0.1) is 0 Å². The number of fused-ring (bicyclic) bond motifs is 1. The van der Waals surface area contributed by atoms with E-state index in [-0.39, 0.29) is 33.9 Å². The molecule has 0 spiro atoms. The van der Waals surface area contributed by atoms with Gasteiger partial charge < -0.3 is 10.2 Å². The van der Waals surface area contributed by atoms with Crippen LogP contribution in [0.2, 0.25) is 0 Å². The van der Waals surface area contributed by atoms with Crippen LogP contribution in [-0.2, 0) is 26.7 Å². The van der Waals surface area contributed by atoms with Gasteiger partial charge in [-0.05, 0) is 54.8 Å². The number of anilines is 3. The van der Waals surface area contributed by atoms with E-state index in [1.54, 1.807) is 19.3 Å². The summed E-state index contributed by atoms with van der Waals surface area (Å²) < 4.78 is 50.6. The molecule has 1 aliphatic carbocycles. The summed E-state index contributed by atoms with van der Waals surface area (Å²) in [6.07, 6.45) is 6.10. The van der Waals surface area contributed by atoms with Crippen molar-refractivity contribution in [2.75, 3.05) is 28.8 Å². The van der Waals surface area contributed by atoms with E-state index in [0.717, 1.165) is 16.5 Å². The fourth-order valence-corrected chi connectivity index (χ4v) is 8.45. The maximum absolute atomic E-state index is 12.7. The zero-order valence-corrected chi connectivity index (χ0v) is 25.9. The molecular weight excluding hydrogens is 574 g/mol. The molecule has 4 aromatic rings. The van der Waals surface area contributed by atoms with Crippen LogP contribution in [0.1, 0.15) is 45.1 Å². The van der Waals surface area contributed by atoms with Crippen LogP contribution in [0.25, 0.3) is 22.3 Å². The van der Waals surface area contributed by atoms with Crippen LogP contribution in [-0.4, -0.2) is 71.4 Å². The van der Waals surface area contributed by atoms with Crippen LogP contribution in [0.5, 0.6) is 0 Å². The summed E-state index contributed by atoms with van der Waals surface area (Å²) >= 11 is 0. The molecule has 222 valence electrons. The minimum Gasteiger partial charge on any atom is -0.368 e. The van der Waals surface area contributed by atoms with E-state index in [1.807, 2.05) is 12.3 Å². The van der Waals surface area contributed by atoms with Gasteiger partial charge >= 0.3 is 0 Å². The minimum atomic E-state index is -3.43. The summed E-state index contributed by atoms with van der Waals surface area (Å²) in [7, 11) is -4.79. The highest BCUT2D eigenvalue weighted by Gasteiger charge is 2.39. The molecule has 11 nitrogen and oxygen atoms in total. The van der Waals surface area contributed by atoms with E-state index < -0.39 is 19.7 Å². The smallest absolute Gasteiger partial charge is 0.200 e. The van der Waals surface area contributed by atoms with E-state index in [2.05, 4.69) is 58.2 Å². The van der Waals surface area contributed by atoms with Crippen LogP contribution in [0, 0.1) is 5.92 Å². The summed E-state index contributed by atoms with van der Waals surface area (Å²) in [5.41, 5.74) is 2.74. The lowest BCUT2D eigenvalue weighted by atomic mass is 9.88. The van der Waals surface area contributed by atoms with Crippen molar-refractivity contribution in [3.8, 4) is 11.5 Å². The number of nitrogens with zero attached hydrogens (tertiary/aromatic N) is 6. The van der Waals surface area contributed by atoms with Gasteiger partial charge in [-0.2, -0.15) is 5.10 Å². The molecule has 1 saturated carbocycles. The Morgan fingerprint density at radius 3 is 2.45 bits per heavy atom. The molecule has 1 saturated heterocycles. The van der Waals surface area contributed by atoms with Crippen molar-refractivity contribution in [2.45, 2.75) is 55.8 Å². The third kappa shape index (κ3) is 5.35. The highest BCUT2D eigenvalue weighted by Crippen LogP contribution is 2.40. The third-order valence-electron chi connectivity index (χ3n) is 8.22. The Hall–Kier alpha value is -3.58. The second-order valence-electron chi connectivity index (χ2n) is 11.8. The largest absolute Gasteiger partial charge is 0.368 e. The predicted molar refractivity (Wildman–Crippen MR) is 164 cm³/mol. The quantitative estimate of drug-likeness (QED) is 0.295. The second-order valence-corrected chi connectivity index (χ2v) is 16.2. The lowest BCUT2D eigenvalue weighted by Crippen LogP contribution is -2.57. The Morgan fingerprint density at radius 1 is 1.02 bits per heavy atom. The van der Waals surface area contributed by atoms with Crippen molar-refractivity contribution < 1.29 is 16.8 Å². The van der Waals surface area contributed by atoms with E-state index in [1.165, 1.54) is 22.6 Å². The highest BCUT2D eigenvalue weighted by atomic mass is 32.2. The Labute approximate surface area is 246 Å². The number of rotatable bonds is 9. The number of aryl methyl sites for hydroxylation is 1. The lowest BCUT2D eigenvalue weighted by molar-refractivity contribution is 0.342. The molecule has 2 atom stereocenters. The van der Waals surface area contributed by atoms with Crippen molar-refractivity contribution in [1.29, 1.82) is 0 Å². The van der Waals surface area contributed by atoms with Crippen molar-refractivity contribution >= 4 is 47.8 Å². The zero-order valence-electron chi connectivity index (χ0n) is 24.3. The van der Waals surface area contributed by atoms with Crippen LogP contribution in [0.4, 0.5) is 17.3 Å². The van der Waals surface area contributed by atoms with Gasteiger partial charge in [0.2, 0.25) is 0 Å². The van der Waals surface area contributed by atoms with Crippen LogP contribution >= 0.6 is 0 Å². The average Bonchev–Trinajstić information content (AvgIpc) is 3.72. The highest BCUT2D eigenvalue weighted by molar-refractivity contribution is 7.92. The first-order chi connectivity index (χ1) is 19.8. The first kappa shape index (κ1) is 28.5. The summed E-state index contributed by atoms with van der Waals surface area (Å²) in [4.78, 5) is 15.9. The first-order valence-electron chi connectivity index (χ1n) is 14.1. The molecule has 3 aromatic heterocycles. The summed E-state index contributed by atoms with van der Waals surface area (Å²) in [5, 5.41) is 9.31. The molecule has 0 bridgehead atoms. The maximum Gasteiger partial charge on any atom is 0.200 e. The number of sulfone groups is 2. The molecule has 1 N–H and O–H groups in total. The topological polar surface area (TPSA) is 140 Å². The molecule has 2 fully saturated rings. The van der Waals surface area contributed by atoms with Gasteiger partial charge in [-0.25, -0.2) is 31.8 Å². The lowest BCUT2D eigenvalue weighted by Gasteiger charge is -2.48. The standard InChI is InChI=1S/C29H35N7O4S2/c1-17(2)21-8-9-24(36-15-19(18(36)3)16-41(5,37)38)23-14-31-27(12-22(21)23)32-26-10-11-30-29(33-26)25-13-28(34-35(25)4)42(39,40)20-6-7-20/h8-14,17-20H,6-7,15-16H2,1-5H3,(H,30,31,32,33)/t18-,19-/m1/s1. The van der Waals surface area contributed by atoms with Gasteiger partial charge in [0.05, 0.1) is 11.0 Å². The zero-order chi connectivity index (χ0) is 30.0. The van der Waals surface area contributed by atoms with E-state index in [9.17, 15) is 16.8 Å². The minimum absolute atomic E-state index is 0.0526. The fraction of sp³-hybridized carbons (Fsp3) is 0.448. The molecule has 0 amide bonds. The van der Waals surface area contributed by atoms with Gasteiger partial charge in [-0.3, -0.25) is 4.68 Å². The maximum atomic E-state index is 12.7. The number of aromatic nitrogens is 5. The van der Waals surface area contributed by atoms with Crippen LogP contribution in [0.15, 0.2) is 47.8 Å². The van der Waals surface area contributed by atoms with Crippen molar-refractivity contribution in [3.63, 3.8) is 0 Å². The molecule has 0 unspecified atom stereocenters. The van der Waals surface area contributed by atoms with Gasteiger partial charge in [0.25, 0.3) is 0 Å². The SMILES string of the molecule is CC(C)c1ccc(N2C[C@H](CS(C)(=O)=O)[C@H]2C)c2cnc(Nc3ccnc(-c4cc(S(=O)(=O)C5CC5)nn4C)n3)cc12. The van der Waals surface area contributed by atoms with Crippen molar-refractivity contribution in [3.05, 3.63) is 48.3 Å². The summed E-state index contributed by atoms with van der Waals surface area (Å²) in [6.45, 7) is 7.06. The molecule has 42 heavy (non-hydrogen) atoms. The molecule has 0 radical (unpaired) electrons. The Kier molecular flexibility index (Phi) is 7.00. The predicted octanol–water partition coefficient (Wildman–Crippen LogP) is 4.10. The van der Waals surface area contributed by atoms with E-state index in [4.69, 9.17) is 4.98 Å². The molecule has 13 heteroatoms. The van der Waals surface area contributed by atoms with Crippen molar-refractivity contribution in [1.82, 2.24) is 24.7 Å². The molecular formula is C29H35N7O4S2. The molecule has 1 aromatic carbocycles. The summed E-state index contributed by atoms with van der Waals surface area (Å²) in [6, 6.07) is 9.64. The van der Waals surface area contributed by atoms with Gasteiger partial charge in [0.1, 0.15) is 27.2 Å².